The molecule has 0 bridgehead atoms. The number of likely N-dealkylation sites (tertiary alicyclic amines) is 1. The van der Waals surface area contributed by atoms with Gasteiger partial charge in [-0.2, -0.15) is 0 Å². The van der Waals surface area contributed by atoms with Gasteiger partial charge in [-0.25, -0.2) is 4.79 Å². The Morgan fingerprint density at radius 1 is 1.21 bits per heavy atom. The van der Waals surface area contributed by atoms with E-state index in [1.54, 1.807) is 4.90 Å². The lowest BCUT2D eigenvalue weighted by molar-refractivity contribution is -0.119. The molecule has 0 aromatic heterocycles. The topological polar surface area (TPSA) is 67.9 Å². The molecule has 6 nitrogen and oxygen atoms in total. The van der Waals surface area contributed by atoms with Gasteiger partial charge in [-0.3, -0.25) is 4.79 Å². The molecule has 1 saturated heterocycles. The Hall–Kier alpha value is -2.24. The van der Waals surface area contributed by atoms with Crippen LogP contribution in [0, 0.1) is 0 Å². The summed E-state index contributed by atoms with van der Waals surface area (Å²) in [7, 11) is 0. The van der Waals surface area contributed by atoms with E-state index in [4.69, 9.17) is 9.47 Å². The highest BCUT2D eigenvalue weighted by Crippen LogP contribution is 2.22. The summed E-state index contributed by atoms with van der Waals surface area (Å²) >= 11 is 0. The molecule has 132 valence electrons. The Morgan fingerprint density at radius 2 is 1.79 bits per heavy atom. The second kappa shape index (κ2) is 7.11. The average Bonchev–Trinajstić information content (AvgIpc) is 2.40. The molecule has 0 radical (unpaired) electrons. The van der Waals surface area contributed by atoms with Gasteiger partial charge in [-0.15, -0.1) is 0 Å². The number of amides is 2. The number of ether oxygens (including phenoxy) is 2. The highest BCUT2D eigenvalue weighted by molar-refractivity contribution is 5.73. The third kappa shape index (κ3) is 5.15. The normalized spacial score (nSPS) is 16.1. The lowest BCUT2D eigenvalue weighted by Crippen LogP contribution is -2.57. The van der Waals surface area contributed by atoms with Gasteiger partial charge >= 0.3 is 6.09 Å². The van der Waals surface area contributed by atoms with E-state index in [9.17, 15) is 9.59 Å². The second-order valence-corrected chi connectivity index (χ2v) is 7.12. The minimum Gasteiger partial charge on any atom is -0.487 e. The van der Waals surface area contributed by atoms with E-state index < -0.39 is 5.60 Å². The molecule has 1 heterocycles. The Bertz CT molecular complexity index is 586. The van der Waals surface area contributed by atoms with Gasteiger partial charge in [0.15, 0.2) is 0 Å². The van der Waals surface area contributed by atoms with Crippen molar-refractivity contribution >= 4 is 12.0 Å². The van der Waals surface area contributed by atoms with Crippen molar-refractivity contribution in [2.45, 2.75) is 52.4 Å². The molecule has 6 heteroatoms. The second-order valence-electron chi connectivity index (χ2n) is 7.12. The van der Waals surface area contributed by atoms with Gasteiger partial charge in [-0.1, -0.05) is 12.1 Å². The van der Waals surface area contributed by atoms with Gasteiger partial charge in [0.1, 0.15) is 17.5 Å². The van der Waals surface area contributed by atoms with Gasteiger partial charge in [-0.05, 0) is 45.4 Å². The lowest BCUT2D eigenvalue weighted by atomic mass is 10.1. The Morgan fingerprint density at radius 3 is 2.29 bits per heavy atom. The largest absolute Gasteiger partial charge is 0.487 e. The Balaban J connectivity index is 1.80. The van der Waals surface area contributed by atoms with Gasteiger partial charge in [0.25, 0.3) is 0 Å². The molecule has 1 aliphatic rings. The zero-order chi connectivity index (χ0) is 17.9. The number of benzene rings is 1. The van der Waals surface area contributed by atoms with E-state index in [1.165, 1.54) is 6.92 Å². The summed E-state index contributed by atoms with van der Waals surface area (Å²) in [5.41, 5.74) is 0.533. The van der Waals surface area contributed by atoms with Crippen molar-refractivity contribution in [2.24, 2.45) is 0 Å². The van der Waals surface area contributed by atoms with Gasteiger partial charge in [0.2, 0.25) is 5.91 Å². The fourth-order valence-corrected chi connectivity index (χ4v) is 2.40. The maximum atomic E-state index is 11.9. The van der Waals surface area contributed by atoms with Crippen LogP contribution in [0.4, 0.5) is 4.79 Å². The number of carbonyl (C=O) groups excluding carboxylic acids is 2. The van der Waals surface area contributed by atoms with Crippen LogP contribution in [-0.4, -0.2) is 41.7 Å². The van der Waals surface area contributed by atoms with Crippen molar-refractivity contribution in [1.82, 2.24) is 10.2 Å². The first-order chi connectivity index (χ1) is 11.1. The van der Waals surface area contributed by atoms with E-state index in [1.807, 2.05) is 52.0 Å². The molecule has 0 aliphatic carbocycles. The van der Waals surface area contributed by atoms with Crippen LogP contribution in [0.2, 0.25) is 0 Å². The summed E-state index contributed by atoms with van der Waals surface area (Å²) < 4.78 is 11.2. The maximum absolute atomic E-state index is 11.9. The molecule has 0 saturated carbocycles. The first-order valence-corrected chi connectivity index (χ1v) is 8.15. The quantitative estimate of drug-likeness (QED) is 0.919. The van der Waals surface area contributed by atoms with E-state index in [-0.39, 0.29) is 24.1 Å². The predicted octanol–water partition coefficient (Wildman–Crippen LogP) is 2.88. The summed E-state index contributed by atoms with van der Waals surface area (Å²) in [4.78, 5) is 24.6. The molecular weight excluding hydrogens is 308 g/mol. The first-order valence-electron chi connectivity index (χ1n) is 8.15. The van der Waals surface area contributed by atoms with E-state index in [0.29, 0.717) is 13.1 Å². The smallest absolute Gasteiger partial charge is 0.410 e. The zero-order valence-corrected chi connectivity index (χ0v) is 15.0. The molecule has 1 aliphatic heterocycles. The number of rotatable bonds is 4. The highest BCUT2D eigenvalue weighted by Gasteiger charge is 2.35. The molecular formula is C18H26N2O4. The van der Waals surface area contributed by atoms with Gasteiger partial charge < -0.3 is 19.7 Å². The number of hydrogen-bond acceptors (Lipinski definition) is 4. The van der Waals surface area contributed by atoms with E-state index in [0.717, 1.165) is 11.3 Å². The Labute approximate surface area is 143 Å². The average molecular weight is 334 g/mol. The van der Waals surface area contributed by atoms with Crippen molar-refractivity contribution in [3.8, 4) is 5.75 Å². The minimum atomic E-state index is -0.483. The van der Waals surface area contributed by atoms with Crippen molar-refractivity contribution in [3.63, 3.8) is 0 Å². The zero-order valence-electron chi connectivity index (χ0n) is 15.0. The number of nitrogens with zero attached hydrogens (tertiary/aromatic N) is 1. The molecule has 0 unspecified atom stereocenters. The SMILES string of the molecule is CC(=O)N[C@H](C)c1ccc(OC2CN(C(=O)OC(C)(C)C)C2)cc1. The Kier molecular flexibility index (Phi) is 5.36. The molecule has 1 N–H and O–H groups in total. The molecule has 2 rings (SSSR count). The molecule has 1 fully saturated rings. The van der Waals surface area contributed by atoms with Crippen molar-refractivity contribution in [2.75, 3.05) is 13.1 Å². The first kappa shape index (κ1) is 18.1. The van der Waals surface area contributed by atoms with Crippen LogP contribution in [-0.2, 0) is 9.53 Å². The van der Waals surface area contributed by atoms with Crippen molar-refractivity contribution in [1.29, 1.82) is 0 Å². The van der Waals surface area contributed by atoms with Crippen LogP contribution in [0.1, 0.15) is 46.2 Å². The molecule has 2 amide bonds. The predicted molar refractivity (Wildman–Crippen MR) is 90.9 cm³/mol. The third-order valence-electron chi connectivity index (χ3n) is 3.60. The third-order valence-corrected chi connectivity index (χ3v) is 3.60. The maximum Gasteiger partial charge on any atom is 0.410 e. The monoisotopic (exact) mass is 334 g/mol. The van der Waals surface area contributed by atoms with Crippen LogP contribution >= 0.6 is 0 Å². The van der Waals surface area contributed by atoms with E-state index in [2.05, 4.69) is 5.32 Å². The summed E-state index contributed by atoms with van der Waals surface area (Å²) in [5.74, 6) is 0.696. The molecule has 1 aromatic rings. The van der Waals surface area contributed by atoms with Crippen LogP contribution in [0.25, 0.3) is 0 Å². The standard InChI is InChI=1S/C18H26N2O4/c1-12(19-13(2)21)14-6-8-15(9-7-14)23-16-10-20(11-16)17(22)24-18(3,4)5/h6-9,12,16H,10-11H2,1-5H3,(H,19,21)/t12-/m1/s1. The van der Waals surface area contributed by atoms with Crippen LogP contribution < -0.4 is 10.1 Å². The number of nitrogens with one attached hydrogen (secondary N) is 1. The fourth-order valence-electron chi connectivity index (χ4n) is 2.40. The van der Waals surface area contributed by atoms with Crippen LogP contribution in [0.15, 0.2) is 24.3 Å². The van der Waals surface area contributed by atoms with Gasteiger partial charge in [0.05, 0.1) is 19.1 Å². The molecule has 1 atom stereocenters. The summed E-state index contributed by atoms with van der Waals surface area (Å²) in [6, 6.07) is 7.58. The van der Waals surface area contributed by atoms with Crippen molar-refractivity contribution in [3.05, 3.63) is 29.8 Å². The van der Waals surface area contributed by atoms with Gasteiger partial charge in [0, 0.05) is 6.92 Å². The fraction of sp³-hybridized carbons (Fsp3) is 0.556. The summed E-state index contributed by atoms with van der Waals surface area (Å²) in [6.45, 7) is 10.0. The van der Waals surface area contributed by atoms with Crippen LogP contribution in [0.5, 0.6) is 5.75 Å². The van der Waals surface area contributed by atoms with Crippen molar-refractivity contribution < 1.29 is 19.1 Å². The number of carbonyl (C=O) groups is 2. The summed E-state index contributed by atoms with van der Waals surface area (Å²) in [5, 5.41) is 2.84. The molecule has 24 heavy (non-hydrogen) atoms. The lowest BCUT2D eigenvalue weighted by Gasteiger charge is -2.39. The number of hydrogen-bond donors (Lipinski definition) is 1. The highest BCUT2D eigenvalue weighted by atomic mass is 16.6. The molecule has 0 spiro atoms. The van der Waals surface area contributed by atoms with Crippen LogP contribution in [0.3, 0.4) is 0 Å². The minimum absolute atomic E-state index is 0.0175. The summed E-state index contributed by atoms with van der Waals surface area (Å²) in [6.07, 6.45) is -0.321. The van der Waals surface area contributed by atoms with E-state index >= 15 is 0 Å². The molecule has 1 aromatic carbocycles.